The molecule has 0 saturated heterocycles. The first-order valence-corrected chi connectivity index (χ1v) is 4.40. The minimum absolute atomic E-state index is 0.171. The summed E-state index contributed by atoms with van der Waals surface area (Å²) in [4.78, 5) is 0. The second-order valence-electron chi connectivity index (χ2n) is 4.62. The lowest BCUT2D eigenvalue weighted by Gasteiger charge is -2.57. The van der Waals surface area contributed by atoms with E-state index in [0.717, 1.165) is 5.92 Å². The topological polar surface area (TPSA) is 20.2 Å². The van der Waals surface area contributed by atoms with Gasteiger partial charge in [0.1, 0.15) is 0 Å². The summed E-state index contributed by atoms with van der Waals surface area (Å²) in [5, 5.41) is 9.65. The summed E-state index contributed by atoms with van der Waals surface area (Å²) in [5.41, 5.74) is 1.75. The van der Waals surface area contributed by atoms with Gasteiger partial charge in [-0.3, -0.25) is 0 Å². The van der Waals surface area contributed by atoms with Gasteiger partial charge in [0.05, 0.1) is 6.10 Å². The second-order valence-corrected chi connectivity index (χ2v) is 4.62. The van der Waals surface area contributed by atoms with Crippen molar-refractivity contribution in [2.75, 3.05) is 0 Å². The van der Waals surface area contributed by atoms with Crippen molar-refractivity contribution in [2.24, 2.45) is 17.3 Å². The van der Waals surface area contributed by atoms with Gasteiger partial charge in [0.25, 0.3) is 0 Å². The molecule has 2 bridgehead atoms. The molecule has 0 aromatic rings. The van der Waals surface area contributed by atoms with Crippen LogP contribution >= 0.6 is 0 Å². The highest BCUT2D eigenvalue weighted by Crippen LogP contribution is 2.58. The number of aliphatic hydroxyl groups is 1. The van der Waals surface area contributed by atoms with Crippen LogP contribution in [0.4, 0.5) is 0 Å². The van der Waals surface area contributed by atoms with E-state index in [4.69, 9.17) is 0 Å². The van der Waals surface area contributed by atoms with Gasteiger partial charge in [-0.05, 0) is 30.6 Å². The summed E-state index contributed by atoms with van der Waals surface area (Å²) in [7, 11) is 0. The molecule has 1 nitrogen and oxygen atoms in total. The van der Waals surface area contributed by atoms with Crippen molar-refractivity contribution in [3.8, 4) is 0 Å². The van der Waals surface area contributed by atoms with Crippen LogP contribution in [0.2, 0.25) is 0 Å². The average Bonchev–Trinajstić information content (AvgIpc) is 1.84. The van der Waals surface area contributed by atoms with E-state index in [0.29, 0.717) is 11.3 Å². The summed E-state index contributed by atoms with van der Waals surface area (Å²) in [6, 6.07) is 0. The van der Waals surface area contributed by atoms with Crippen LogP contribution in [0.1, 0.15) is 27.2 Å². The van der Waals surface area contributed by atoms with Crippen LogP contribution in [-0.2, 0) is 0 Å². The summed E-state index contributed by atoms with van der Waals surface area (Å²) >= 11 is 0. The van der Waals surface area contributed by atoms with Crippen molar-refractivity contribution in [1.82, 2.24) is 0 Å². The van der Waals surface area contributed by atoms with Crippen LogP contribution < -0.4 is 0 Å². The Kier molecular flexibility index (Phi) is 1.26. The minimum atomic E-state index is -0.171. The van der Waals surface area contributed by atoms with Gasteiger partial charge in [-0.1, -0.05) is 25.5 Å². The van der Waals surface area contributed by atoms with Crippen LogP contribution in [0, 0.1) is 17.3 Å². The van der Waals surface area contributed by atoms with Crippen molar-refractivity contribution < 1.29 is 5.11 Å². The zero-order valence-electron chi connectivity index (χ0n) is 7.46. The summed E-state index contributed by atoms with van der Waals surface area (Å²) in [6.07, 6.45) is 3.07. The lowest BCUT2D eigenvalue weighted by molar-refractivity contribution is -0.0760. The molecule has 1 saturated carbocycles. The maximum atomic E-state index is 9.65. The Morgan fingerprint density at radius 2 is 2.18 bits per heavy atom. The number of allylic oxidation sites excluding steroid dienone is 1. The Bertz CT molecular complexity index is 215. The van der Waals surface area contributed by atoms with Gasteiger partial charge in [-0.15, -0.1) is 0 Å². The number of rotatable bonds is 0. The van der Waals surface area contributed by atoms with Gasteiger partial charge < -0.3 is 5.11 Å². The Morgan fingerprint density at radius 1 is 1.55 bits per heavy atom. The molecule has 62 valence electrons. The molecule has 0 spiro atoms. The standard InChI is InChI=1S/C10H16O/c1-6-4-9(11)8-5-7(6)10(8,2)3/h4,7-9,11H,5H2,1-3H3/t7-,8?,9?/m0/s1. The first-order chi connectivity index (χ1) is 5.03. The molecule has 0 aromatic carbocycles. The Morgan fingerprint density at radius 3 is 2.55 bits per heavy atom. The fourth-order valence-electron chi connectivity index (χ4n) is 2.81. The highest BCUT2D eigenvalue weighted by molar-refractivity contribution is 5.24. The molecule has 1 fully saturated rings. The number of fused-ring (bicyclic) bond motifs is 1. The summed E-state index contributed by atoms with van der Waals surface area (Å²) < 4.78 is 0. The predicted octanol–water partition coefficient (Wildman–Crippen LogP) is 1.97. The van der Waals surface area contributed by atoms with Crippen LogP contribution in [0.5, 0.6) is 0 Å². The molecule has 3 aliphatic rings. The van der Waals surface area contributed by atoms with E-state index in [2.05, 4.69) is 20.8 Å². The number of aliphatic hydroxyl groups excluding tert-OH is 1. The van der Waals surface area contributed by atoms with Gasteiger partial charge in [0.15, 0.2) is 0 Å². The van der Waals surface area contributed by atoms with Crippen LogP contribution in [-0.4, -0.2) is 11.2 Å². The fraction of sp³-hybridized carbons (Fsp3) is 0.800. The highest BCUT2D eigenvalue weighted by atomic mass is 16.3. The third kappa shape index (κ3) is 0.750. The van der Waals surface area contributed by atoms with E-state index in [9.17, 15) is 5.11 Å². The van der Waals surface area contributed by atoms with Gasteiger partial charge in [0.2, 0.25) is 0 Å². The monoisotopic (exact) mass is 152 g/mol. The highest BCUT2D eigenvalue weighted by Gasteiger charge is 2.53. The van der Waals surface area contributed by atoms with E-state index in [1.54, 1.807) is 0 Å². The largest absolute Gasteiger partial charge is 0.389 e. The Labute approximate surface area is 68.1 Å². The first kappa shape index (κ1) is 7.35. The minimum Gasteiger partial charge on any atom is -0.389 e. The van der Waals surface area contributed by atoms with E-state index in [1.807, 2.05) is 6.08 Å². The molecule has 0 aromatic heterocycles. The average molecular weight is 152 g/mol. The van der Waals surface area contributed by atoms with Crippen LogP contribution in [0.25, 0.3) is 0 Å². The van der Waals surface area contributed by atoms with E-state index in [-0.39, 0.29) is 6.10 Å². The van der Waals surface area contributed by atoms with E-state index >= 15 is 0 Å². The van der Waals surface area contributed by atoms with E-state index in [1.165, 1.54) is 12.0 Å². The molecule has 2 unspecified atom stereocenters. The number of hydrogen-bond donors (Lipinski definition) is 1. The van der Waals surface area contributed by atoms with Gasteiger partial charge in [-0.2, -0.15) is 0 Å². The van der Waals surface area contributed by atoms with Gasteiger partial charge >= 0.3 is 0 Å². The normalized spacial score (nSPS) is 46.2. The van der Waals surface area contributed by atoms with Gasteiger partial charge in [0, 0.05) is 0 Å². The third-order valence-corrected chi connectivity index (χ3v) is 3.74. The molecule has 3 aliphatic carbocycles. The lowest BCUT2D eigenvalue weighted by atomic mass is 9.48. The quantitative estimate of drug-likeness (QED) is 0.526. The molecule has 0 amide bonds. The smallest absolute Gasteiger partial charge is 0.0757 e. The van der Waals surface area contributed by atoms with Crippen LogP contribution in [0.3, 0.4) is 0 Å². The molecule has 1 N–H and O–H groups in total. The van der Waals surface area contributed by atoms with E-state index < -0.39 is 0 Å². The molecule has 0 heterocycles. The second kappa shape index (κ2) is 1.89. The van der Waals surface area contributed by atoms with Crippen molar-refractivity contribution in [3.05, 3.63) is 11.6 Å². The molecule has 11 heavy (non-hydrogen) atoms. The Balaban J connectivity index is 2.34. The molecule has 3 rings (SSSR count). The van der Waals surface area contributed by atoms with Crippen molar-refractivity contribution in [1.29, 1.82) is 0 Å². The predicted molar refractivity (Wildman–Crippen MR) is 45.1 cm³/mol. The maximum absolute atomic E-state index is 9.65. The zero-order valence-corrected chi connectivity index (χ0v) is 7.46. The lowest BCUT2D eigenvalue weighted by Crippen LogP contribution is -2.53. The molecule has 0 radical (unpaired) electrons. The SMILES string of the molecule is CC1=CC(O)C2C[C@@H]1C2(C)C. The number of hydrogen-bond acceptors (Lipinski definition) is 1. The molecular weight excluding hydrogens is 136 g/mol. The third-order valence-electron chi connectivity index (χ3n) is 3.74. The molecule has 3 atom stereocenters. The fourth-order valence-corrected chi connectivity index (χ4v) is 2.81. The molecule has 0 aliphatic heterocycles. The van der Waals surface area contributed by atoms with Crippen molar-refractivity contribution >= 4 is 0 Å². The Hall–Kier alpha value is -0.300. The van der Waals surface area contributed by atoms with Crippen LogP contribution in [0.15, 0.2) is 11.6 Å². The van der Waals surface area contributed by atoms with Crippen molar-refractivity contribution in [3.63, 3.8) is 0 Å². The molecular formula is C10H16O. The molecule has 1 heteroatoms. The zero-order chi connectivity index (χ0) is 8.22. The summed E-state index contributed by atoms with van der Waals surface area (Å²) in [6.45, 7) is 6.68. The maximum Gasteiger partial charge on any atom is 0.0757 e. The van der Waals surface area contributed by atoms with Crippen molar-refractivity contribution in [2.45, 2.75) is 33.3 Å². The van der Waals surface area contributed by atoms with Gasteiger partial charge in [-0.25, -0.2) is 0 Å². The summed E-state index contributed by atoms with van der Waals surface area (Å²) in [5.74, 6) is 1.27. The first-order valence-electron chi connectivity index (χ1n) is 4.40.